The molecule has 0 heterocycles. The fourth-order valence-corrected chi connectivity index (χ4v) is 6.10. The van der Waals surface area contributed by atoms with Crippen molar-refractivity contribution < 1.29 is 39.3 Å². The molecule has 0 saturated heterocycles. The van der Waals surface area contributed by atoms with Gasteiger partial charge in [0, 0.05) is 11.6 Å². The number of nitrogens with zero attached hydrogens (tertiary/aromatic N) is 1. The quantitative estimate of drug-likeness (QED) is 0.187. The Morgan fingerprint density at radius 1 is 1.12 bits per heavy atom. The van der Waals surface area contributed by atoms with Crippen LogP contribution in [0.4, 0.5) is 5.69 Å². The number of fused-ring (bicyclic) bond motifs is 3. The zero-order valence-corrected chi connectivity index (χ0v) is 18.2. The van der Waals surface area contributed by atoms with Crippen LogP contribution in [-0.2, 0) is 19.2 Å². The highest BCUT2D eigenvalue weighted by Crippen LogP contribution is 2.55. The van der Waals surface area contributed by atoms with Crippen LogP contribution in [0.15, 0.2) is 12.1 Å². The van der Waals surface area contributed by atoms with Gasteiger partial charge in [-0.05, 0) is 37.7 Å². The summed E-state index contributed by atoms with van der Waals surface area (Å²) >= 11 is 0. The summed E-state index contributed by atoms with van der Waals surface area (Å²) in [6, 6.07) is 1.17. The zero-order chi connectivity index (χ0) is 24.7. The van der Waals surface area contributed by atoms with E-state index in [1.165, 1.54) is 31.1 Å². The number of carbonyl (C=O) groups is 5. The number of Topliss-reactive ketones (excluding diaryl/α,β-unsaturated/α-hetero) is 4. The van der Waals surface area contributed by atoms with Gasteiger partial charge in [0.05, 0.1) is 29.5 Å². The molecule has 4 rings (SSSR count). The molecule has 1 aromatic rings. The van der Waals surface area contributed by atoms with Crippen LogP contribution in [0.25, 0.3) is 0 Å². The molecular formula is C22H25N3O8. The van der Waals surface area contributed by atoms with E-state index in [0.29, 0.717) is 0 Å². The first-order chi connectivity index (χ1) is 15.3. The van der Waals surface area contributed by atoms with Gasteiger partial charge in [-0.2, -0.15) is 0 Å². The van der Waals surface area contributed by atoms with Crippen LogP contribution in [0.2, 0.25) is 0 Å². The van der Waals surface area contributed by atoms with Crippen molar-refractivity contribution in [1.82, 2.24) is 4.90 Å². The van der Waals surface area contributed by atoms with Crippen molar-refractivity contribution >= 4 is 34.7 Å². The summed E-state index contributed by atoms with van der Waals surface area (Å²) in [7, 11) is 2.86. The number of likely N-dealkylation sites (N-methyl/N-ethyl adjacent to an activating group) is 1. The van der Waals surface area contributed by atoms with E-state index in [0.717, 1.165) is 0 Å². The molecule has 1 aromatic carbocycles. The molecule has 2 fully saturated rings. The van der Waals surface area contributed by atoms with Crippen LogP contribution in [0.3, 0.4) is 0 Å². The van der Waals surface area contributed by atoms with E-state index < -0.39 is 82.1 Å². The highest BCUT2D eigenvalue weighted by atomic mass is 16.3. The predicted molar refractivity (Wildman–Crippen MR) is 112 cm³/mol. The number of hydrogen-bond donors (Lipinski definition) is 5. The third-order valence-corrected chi connectivity index (χ3v) is 7.50. The molecule has 0 spiro atoms. The molecule has 0 aliphatic heterocycles. The minimum absolute atomic E-state index is 0.163. The van der Waals surface area contributed by atoms with E-state index in [1.54, 1.807) is 6.92 Å². The first-order valence-corrected chi connectivity index (χ1v) is 10.4. The van der Waals surface area contributed by atoms with E-state index in [1.807, 2.05) is 0 Å². The highest BCUT2D eigenvalue weighted by molar-refractivity contribution is 6.32. The summed E-state index contributed by atoms with van der Waals surface area (Å²) < 4.78 is 0. The number of rotatable bonds is 2. The number of aromatic hydroxyl groups is 1. The van der Waals surface area contributed by atoms with Gasteiger partial charge in [-0.3, -0.25) is 28.9 Å². The zero-order valence-electron chi connectivity index (χ0n) is 18.2. The molecule has 176 valence electrons. The topological polar surface area (TPSA) is 201 Å². The van der Waals surface area contributed by atoms with Crippen LogP contribution >= 0.6 is 0 Å². The van der Waals surface area contributed by atoms with Gasteiger partial charge in [-0.1, -0.05) is 6.92 Å². The molecule has 0 radical (unpaired) electrons. The number of hydrogen-bond acceptors (Lipinski definition) is 10. The minimum atomic E-state index is -3.01. The molecule has 0 bridgehead atoms. The van der Waals surface area contributed by atoms with E-state index >= 15 is 0 Å². The molecule has 2 saturated carbocycles. The van der Waals surface area contributed by atoms with Crippen LogP contribution in [0.1, 0.15) is 28.8 Å². The van der Waals surface area contributed by atoms with E-state index in [-0.39, 0.29) is 16.8 Å². The lowest BCUT2D eigenvalue weighted by molar-refractivity contribution is -0.196. The summed E-state index contributed by atoms with van der Waals surface area (Å²) in [6.45, 7) is 1.60. The molecule has 0 aromatic heterocycles. The van der Waals surface area contributed by atoms with Crippen LogP contribution < -0.4 is 11.5 Å². The van der Waals surface area contributed by atoms with Crippen molar-refractivity contribution in [2.45, 2.75) is 30.6 Å². The Morgan fingerprint density at radius 3 is 2.27 bits per heavy atom. The minimum Gasteiger partial charge on any atom is -0.507 e. The van der Waals surface area contributed by atoms with Gasteiger partial charge in [-0.15, -0.1) is 0 Å². The van der Waals surface area contributed by atoms with Gasteiger partial charge < -0.3 is 26.8 Å². The number of phenols is 1. The second kappa shape index (κ2) is 7.17. The van der Waals surface area contributed by atoms with E-state index in [9.17, 15) is 39.3 Å². The molecule has 3 unspecified atom stereocenters. The van der Waals surface area contributed by atoms with E-state index in [2.05, 4.69) is 0 Å². The van der Waals surface area contributed by atoms with Crippen LogP contribution in [0, 0.1) is 23.7 Å². The standard InChI is InChI=1S/C22H25N3O8/c1-6-9-7(23)4-5-8(26)11(9)16(27)12-10(6)17(28)14-15(25(2)3)18(29)13(21(24)32)20(31)22(14,33)19(12)30/h4-6,10,12-15,17,26,28,33H,23H2,1-3H3,(H2,24,32)/t6-,10+,12?,13?,14+,15?,17-,22-/m0/s1. The first-order valence-electron chi connectivity index (χ1n) is 10.4. The van der Waals surface area contributed by atoms with Crippen LogP contribution in [0.5, 0.6) is 5.75 Å². The van der Waals surface area contributed by atoms with Gasteiger partial charge in [0.2, 0.25) is 5.91 Å². The van der Waals surface area contributed by atoms with Gasteiger partial charge in [0.15, 0.2) is 34.7 Å². The number of amides is 1. The van der Waals surface area contributed by atoms with Gasteiger partial charge in [0.1, 0.15) is 5.75 Å². The van der Waals surface area contributed by atoms with Crippen LogP contribution in [-0.4, -0.2) is 81.1 Å². The molecule has 11 heteroatoms. The average molecular weight is 459 g/mol. The maximum Gasteiger partial charge on any atom is 0.235 e. The Labute approximate surface area is 188 Å². The average Bonchev–Trinajstić information content (AvgIpc) is 2.72. The number of primary amides is 1. The number of nitrogen functional groups attached to an aromatic ring is 1. The lowest BCUT2D eigenvalue weighted by Gasteiger charge is -2.56. The van der Waals surface area contributed by atoms with Gasteiger partial charge in [0.25, 0.3) is 0 Å². The highest BCUT2D eigenvalue weighted by Gasteiger charge is 2.72. The third kappa shape index (κ3) is 2.69. The molecule has 8 atom stereocenters. The monoisotopic (exact) mass is 459 g/mol. The fourth-order valence-electron chi connectivity index (χ4n) is 6.10. The third-order valence-electron chi connectivity index (χ3n) is 7.50. The van der Waals surface area contributed by atoms with Crippen molar-refractivity contribution in [2.24, 2.45) is 29.4 Å². The molecule has 1 amide bonds. The summed E-state index contributed by atoms with van der Waals surface area (Å²) in [5, 5.41) is 33.2. The number of benzene rings is 1. The molecular weight excluding hydrogens is 434 g/mol. The maximum absolute atomic E-state index is 13.7. The largest absolute Gasteiger partial charge is 0.507 e. The van der Waals surface area contributed by atoms with Gasteiger partial charge >= 0.3 is 0 Å². The fraction of sp³-hybridized carbons (Fsp3) is 0.500. The molecule has 3 aliphatic rings. The Balaban J connectivity index is 1.98. The van der Waals surface area contributed by atoms with Crippen molar-refractivity contribution in [3.63, 3.8) is 0 Å². The summed E-state index contributed by atoms with van der Waals surface area (Å²) in [5.41, 5.74) is 8.47. The Morgan fingerprint density at radius 2 is 1.73 bits per heavy atom. The second-order valence-electron chi connectivity index (χ2n) is 9.33. The molecule has 3 aliphatic carbocycles. The summed E-state index contributed by atoms with van der Waals surface area (Å²) in [4.78, 5) is 66.6. The number of ketones is 4. The molecule has 11 nitrogen and oxygen atoms in total. The molecule has 7 N–H and O–H groups in total. The first kappa shape index (κ1) is 23.0. The summed E-state index contributed by atoms with van der Waals surface area (Å²) in [6.07, 6.45) is -1.68. The number of nitrogens with two attached hydrogens (primary N) is 2. The smallest absolute Gasteiger partial charge is 0.235 e. The Kier molecular flexibility index (Phi) is 5.00. The normalized spacial score (nSPS) is 38.1. The van der Waals surface area contributed by atoms with E-state index in [4.69, 9.17) is 11.5 Å². The molecule has 33 heavy (non-hydrogen) atoms. The SMILES string of the molecule is C[C@H]1c2c(N)ccc(O)c2C(=O)C2C(=O)[C@]3(O)C(=O)C(C(N)=O)C(=O)C(N(C)C)[C@@H]3[C@@H](O)[C@@H]21. The number of aliphatic hydroxyl groups excluding tert-OH is 1. The number of carbonyl (C=O) groups excluding carboxylic acids is 5. The summed E-state index contributed by atoms with van der Waals surface area (Å²) in [5.74, 6) is -13.7. The van der Waals surface area contributed by atoms with Crippen molar-refractivity contribution in [3.05, 3.63) is 23.3 Å². The van der Waals surface area contributed by atoms with Crippen molar-refractivity contribution in [3.8, 4) is 5.75 Å². The number of phenolic OH excluding ortho intramolecular Hbond substituents is 1. The van der Waals surface area contributed by atoms with Crippen molar-refractivity contribution in [1.29, 1.82) is 0 Å². The Bertz CT molecular complexity index is 1130. The lowest BCUT2D eigenvalue weighted by atomic mass is 9.49. The van der Waals surface area contributed by atoms with Crippen molar-refractivity contribution in [2.75, 3.05) is 19.8 Å². The predicted octanol–water partition coefficient (Wildman–Crippen LogP) is -2.02. The Hall–Kier alpha value is -3.15. The second-order valence-corrected chi connectivity index (χ2v) is 9.33. The number of anilines is 1. The maximum atomic E-state index is 13.7. The lowest BCUT2D eigenvalue weighted by Crippen LogP contribution is -2.77. The van der Waals surface area contributed by atoms with Gasteiger partial charge in [-0.25, -0.2) is 0 Å². The number of aliphatic hydroxyl groups is 2.